The van der Waals surface area contributed by atoms with Crippen LogP contribution in [0, 0.1) is 6.92 Å². The zero-order valence-electron chi connectivity index (χ0n) is 8.54. The highest BCUT2D eigenvalue weighted by molar-refractivity contribution is 7.85. The summed E-state index contributed by atoms with van der Waals surface area (Å²) >= 11 is 9.99. The number of nitrogens with one attached hydrogen (secondary N) is 1. The normalized spacial score (nSPS) is 11.3. The second-order valence-electron chi connectivity index (χ2n) is 3.06. The number of rotatable bonds is 2. The third-order valence-electron chi connectivity index (χ3n) is 1.97. The topological polar surface area (TPSA) is 29.1 Å². The predicted octanol–water partition coefficient (Wildman–Crippen LogP) is 3.42. The highest BCUT2D eigenvalue weighted by atomic mass is 35.5. The molecule has 1 aromatic rings. The Balaban J connectivity index is 2.95. The van der Waals surface area contributed by atoms with Crippen LogP contribution in [0.4, 0.5) is 5.69 Å². The first-order chi connectivity index (χ1) is 7.06. The van der Waals surface area contributed by atoms with Gasteiger partial charge in [-0.1, -0.05) is 29.8 Å². The highest BCUT2D eigenvalue weighted by Crippen LogP contribution is 2.25. The van der Waals surface area contributed by atoms with Crippen LogP contribution in [0.25, 0.3) is 0 Å². The Morgan fingerprint density at radius 3 is 2.73 bits per heavy atom. The molecule has 0 bridgehead atoms. The molecule has 0 heterocycles. The summed E-state index contributed by atoms with van der Waals surface area (Å²) in [6, 6.07) is 5.46. The molecular weight excluding hydrogens is 230 g/mol. The maximum atomic E-state index is 11.5. The molecule has 0 aromatic heterocycles. The van der Waals surface area contributed by atoms with E-state index in [0.717, 1.165) is 5.56 Å². The molecule has 4 heteroatoms. The van der Waals surface area contributed by atoms with Gasteiger partial charge in [0.25, 0.3) is 5.91 Å². The number of carbonyl (C=O) groups excluding carboxylic acids is 1. The number of anilines is 1. The van der Waals surface area contributed by atoms with Crippen molar-refractivity contribution < 1.29 is 4.79 Å². The molecule has 15 heavy (non-hydrogen) atoms. The minimum atomic E-state index is -0.253. The van der Waals surface area contributed by atoms with E-state index in [0.29, 0.717) is 15.6 Å². The molecule has 2 nitrogen and oxygen atoms in total. The number of halogens is 1. The summed E-state index contributed by atoms with van der Waals surface area (Å²) in [5.74, 6) is -0.253. The van der Waals surface area contributed by atoms with Crippen LogP contribution in [0.5, 0.6) is 0 Å². The second-order valence-corrected chi connectivity index (χ2v) is 3.95. The van der Waals surface area contributed by atoms with E-state index in [9.17, 15) is 4.79 Å². The van der Waals surface area contributed by atoms with Crippen molar-refractivity contribution in [2.75, 3.05) is 5.32 Å². The molecule has 0 saturated heterocycles. The molecular formula is C11H12ClNOS. The van der Waals surface area contributed by atoms with E-state index in [-0.39, 0.29) is 5.91 Å². The standard InChI is InChI=1S/C11H12ClNOS/c1-3-9(15)11(14)13-10-7(2)5-4-6-8(10)12/h3-6,15H,1-2H3,(H,13,14)/b9-3-. The summed E-state index contributed by atoms with van der Waals surface area (Å²) in [6.07, 6.45) is 1.63. The molecule has 0 unspecified atom stereocenters. The number of benzene rings is 1. The van der Waals surface area contributed by atoms with Gasteiger partial charge in [0.1, 0.15) is 0 Å². The van der Waals surface area contributed by atoms with Crippen molar-refractivity contribution in [3.05, 3.63) is 39.8 Å². The average molecular weight is 242 g/mol. The van der Waals surface area contributed by atoms with Crippen LogP contribution in [0.1, 0.15) is 12.5 Å². The Morgan fingerprint density at radius 1 is 1.53 bits per heavy atom. The van der Waals surface area contributed by atoms with Crippen molar-refractivity contribution in [1.82, 2.24) is 0 Å². The molecule has 0 aliphatic rings. The summed E-state index contributed by atoms with van der Waals surface area (Å²) in [5, 5.41) is 3.24. The highest BCUT2D eigenvalue weighted by Gasteiger charge is 2.09. The number of aryl methyl sites for hydroxylation is 1. The average Bonchev–Trinajstić information content (AvgIpc) is 2.22. The minimum Gasteiger partial charge on any atom is -0.320 e. The number of amides is 1. The van der Waals surface area contributed by atoms with Gasteiger partial charge in [0.05, 0.1) is 15.6 Å². The van der Waals surface area contributed by atoms with Crippen LogP contribution in [0.2, 0.25) is 5.02 Å². The number of hydrogen-bond donors (Lipinski definition) is 2. The van der Waals surface area contributed by atoms with Gasteiger partial charge in [0.15, 0.2) is 0 Å². The molecule has 80 valence electrons. The molecule has 1 N–H and O–H groups in total. The van der Waals surface area contributed by atoms with E-state index in [2.05, 4.69) is 17.9 Å². The molecule has 1 amide bonds. The molecule has 0 aliphatic heterocycles. The molecule has 0 aliphatic carbocycles. The largest absolute Gasteiger partial charge is 0.320 e. The van der Waals surface area contributed by atoms with Crippen LogP contribution < -0.4 is 5.32 Å². The van der Waals surface area contributed by atoms with Crippen LogP contribution in [-0.2, 0) is 4.79 Å². The first kappa shape index (κ1) is 12.1. The van der Waals surface area contributed by atoms with Crippen molar-refractivity contribution in [2.24, 2.45) is 0 Å². The molecule has 0 spiro atoms. The monoisotopic (exact) mass is 241 g/mol. The lowest BCUT2D eigenvalue weighted by Crippen LogP contribution is -2.12. The second kappa shape index (κ2) is 5.24. The quantitative estimate of drug-likeness (QED) is 0.603. The van der Waals surface area contributed by atoms with E-state index >= 15 is 0 Å². The zero-order valence-corrected chi connectivity index (χ0v) is 10.2. The van der Waals surface area contributed by atoms with Gasteiger partial charge in [-0.25, -0.2) is 0 Å². The molecule has 0 radical (unpaired) electrons. The van der Waals surface area contributed by atoms with Gasteiger partial charge >= 0.3 is 0 Å². The van der Waals surface area contributed by atoms with E-state index in [4.69, 9.17) is 11.6 Å². The van der Waals surface area contributed by atoms with Gasteiger partial charge in [-0.3, -0.25) is 4.79 Å². The fourth-order valence-corrected chi connectivity index (χ4v) is 1.42. The number of allylic oxidation sites excluding steroid dienone is 1. The molecule has 0 atom stereocenters. The summed E-state index contributed by atoms with van der Waals surface area (Å²) < 4.78 is 0. The fraction of sp³-hybridized carbons (Fsp3) is 0.182. The van der Waals surface area contributed by atoms with E-state index in [1.165, 1.54) is 0 Å². The molecule has 1 aromatic carbocycles. The Bertz CT molecular complexity index is 395. The van der Waals surface area contributed by atoms with Crippen molar-refractivity contribution in [3.63, 3.8) is 0 Å². The van der Waals surface area contributed by atoms with Gasteiger partial charge < -0.3 is 5.32 Å². The maximum absolute atomic E-state index is 11.5. The first-order valence-electron chi connectivity index (χ1n) is 4.48. The van der Waals surface area contributed by atoms with Crippen LogP contribution in [-0.4, -0.2) is 5.91 Å². The van der Waals surface area contributed by atoms with Gasteiger partial charge in [-0.2, -0.15) is 0 Å². The Hall–Kier alpha value is -0.930. The number of para-hydroxylation sites is 1. The number of carbonyl (C=O) groups is 1. The van der Waals surface area contributed by atoms with Crippen molar-refractivity contribution >= 4 is 35.8 Å². The van der Waals surface area contributed by atoms with E-state index in [1.54, 1.807) is 19.1 Å². The predicted molar refractivity (Wildman–Crippen MR) is 67.6 cm³/mol. The zero-order chi connectivity index (χ0) is 11.4. The maximum Gasteiger partial charge on any atom is 0.261 e. The smallest absolute Gasteiger partial charge is 0.261 e. The summed E-state index contributed by atoms with van der Waals surface area (Å²) in [5.41, 5.74) is 1.56. The Labute approximate surface area is 99.7 Å². The third kappa shape index (κ3) is 3.01. The van der Waals surface area contributed by atoms with Crippen LogP contribution in [0.3, 0.4) is 0 Å². The summed E-state index contributed by atoms with van der Waals surface area (Å²) in [6.45, 7) is 3.64. The molecule has 0 saturated carbocycles. The Morgan fingerprint density at radius 2 is 2.20 bits per heavy atom. The minimum absolute atomic E-state index is 0.253. The van der Waals surface area contributed by atoms with Crippen molar-refractivity contribution in [2.45, 2.75) is 13.8 Å². The van der Waals surface area contributed by atoms with Gasteiger partial charge in [0, 0.05) is 0 Å². The molecule has 0 fully saturated rings. The third-order valence-corrected chi connectivity index (χ3v) is 2.74. The van der Waals surface area contributed by atoms with Crippen molar-refractivity contribution in [1.29, 1.82) is 0 Å². The van der Waals surface area contributed by atoms with Crippen LogP contribution >= 0.6 is 24.2 Å². The Kier molecular flexibility index (Phi) is 4.24. The first-order valence-corrected chi connectivity index (χ1v) is 5.30. The fourth-order valence-electron chi connectivity index (χ4n) is 1.10. The van der Waals surface area contributed by atoms with Gasteiger partial charge in [-0.15, -0.1) is 12.6 Å². The lowest BCUT2D eigenvalue weighted by Gasteiger charge is -2.09. The van der Waals surface area contributed by atoms with E-state index in [1.807, 2.05) is 19.1 Å². The van der Waals surface area contributed by atoms with Gasteiger partial charge in [0.2, 0.25) is 0 Å². The number of thiol groups is 1. The van der Waals surface area contributed by atoms with Gasteiger partial charge in [-0.05, 0) is 25.5 Å². The van der Waals surface area contributed by atoms with Crippen molar-refractivity contribution in [3.8, 4) is 0 Å². The van der Waals surface area contributed by atoms with Crippen LogP contribution in [0.15, 0.2) is 29.2 Å². The lowest BCUT2D eigenvalue weighted by molar-refractivity contribution is -0.112. The SMILES string of the molecule is C/C=C(\S)C(=O)Nc1c(C)cccc1Cl. The lowest BCUT2D eigenvalue weighted by atomic mass is 10.2. The summed E-state index contributed by atoms with van der Waals surface area (Å²) in [7, 11) is 0. The summed E-state index contributed by atoms with van der Waals surface area (Å²) in [4.78, 5) is 11.9. The number of hydrogen-bond acceptors (Lipinski definition) is 2. The molecule has 1 rings (SSSR count). The van der Waals surface area contributed by atoms with E-state index < -0.39 is 0 Å².